The van der Waals surface area contributed by atoms with Gasteiger partial charge in [0.05, 0.1) is 13.2 Å². The van der Waals surface area contributed by atoms with Crippen LogP contribution in [0.4, 0.5) is 0 Å². The number of hydrogen-bond donors (Lipinski definition) is 4. The Kier molecular flexibility index (Phi) is 42.1. The second-order valence-corrected chi connectivity index (χ2v) is 18.1. The van der Waals surface area contributed by atoms with E-state index in [0.717, 1.165) is 64.2 Å². The number of rotatable bonds is 46. The van der Waals surface area contributed by atoms with E-state index in [4.69, 9.17) is 13.8 Å². The molecule has 0 aromatic heterocycles. The van der Waals surface area contributed by atoms with Gasteiger partial charge in [0.25, 0.3) is 0 Å². The van der Waals surface area contributed by atoms with Gasteiger partial charge in [-0.3, -0.25) is 18.6 Å². The van der Waals surface area contributed by atoms with Crippen LogP contribution in [0.1, 0.15) is 232 Å². The van der Waals surface area contributed by atoms with E-state index in [9.17, 15) is 34.1 Å². The van der Waals surface area contributed by atoms with E-state index in [-0.39, 0.29) is 12.8 Å². The van der Waals surface area contributed by atoms with Gasteiger partial charge in [-0.25, -0.2) is 9.36 Å². The molecule has 0 rings (SSSR count). The molecule has 0 bridgehead atoms. The first-order valence-corrected chi connectivity index (χ1v) is 25.9. The molecular weight excluding hydrogens is 781 g/mol. The number of nitrogens with one attached hydrogen (secondary N) is 1. The minimum Gasteiger partial charge on any atom is -0.480 e. The largest absolute Gasteiger partial charge is 0.480 e. The SMILES string of the molecule is CCCCC/C=C\C/C=C\CCCCCCCC(=O)OCC(O)COP(=O)(O)OCC(NC(=O)CCCCCCCCCCCCCCCCCCCCCCC)C(=O)O. The summed E-state index contributed by atoms with van der Waals surface area (Å²) in [5, 5.41) is 21.9. The number of carbonyl (C=O) groups excluding carboxylic acids is 2. The summed E-state index contributed by atoms with van der Waals surface area (Å²) in [6.45, 7) is 2.59. The number of amides is 1. The van der Waals surface area contributed by atoms with Gasteiger partial charge in [0, 0.05) is 12.8 Å². The topological polar surface area (TPSA) is 169 Å². The van der Waals surface area contributed by atoms with Crippen LogP contribution < -0.4 is 5.32 Å². The number of unbranched alkanes of at least 4 members (excludes halogenated alkanes) is 28. The molecular formula is C48H90NO10P. The average Bonchev–Trinajstić information content (AvgIpc) is 3.22. The van der Waals surface area contributed by atoms with E-state index in [1.807, 2.05) is 0 Å². The maximum Gasteiger partial charge on any atom is 0.472 e. The van der Waals surface area contributed by atoms with Gasteiger partial charge < -0.3 is 25.2 Å². The molecule has 0 spiro atoms. The number of carboxylic acid groups (broad SMARTS) is 1. The molecule has 0 saturated heterocycles. The highest BCUT2D eigenvalue weighted by atomic mass is 31.2. The van der Waals surface area contributed by atoms with Crippen molar-refractivity contribution in [2.45, 2.75) is 244 Å². The number of phosphoric acid groups is 1. The third-order valence-corrected chi connectivity index (χ3v) is 11.7. The average molecular weight is 872 g/mol. The second kappa shape index (κ2) is 43.6. The Morgan fingerprint density at radius 1 is 0.533 bits per heavy atom. The molecule has 11 nitrogen and oxygen atoms in total. The number of carboxylic acids is 1. The van der Waals surface area contributed by atoms with E-state index in [2.05, 4.69) is 43.5 Å². The zero-order chi connectivity index (χ0) is 44.2. The lowest BCUT2D eigenvalue weighted by Gasteiger charge is -2.18. The van der Waals surface area contributed by atoms with Crippen LogP contribution in [0.15, 0.2) is 24.3 Å². The lowest BCUT2D eigenvalue weighted by Crippen LogP contribution is -2.43. The van der Waals surface area contributed by atoms with Gasteiger partial charge in [-0.05, 0) is 44.9 Å². The fourth-order valence-corrected chi connectivity index (χ4v) is 7.71. The van der Waals surface area contributed by atoms with Crippen LogP contribution in [0, 0.1) is 0 Å². The van der Waals surface area contributed by atoms with Crippen LogP contribution in [-0.4, -0.2) is 64.9 Å². The zero-order valence-corrected chi connectivity index (χ0v) is 39.2. The van der Waals surface area contributed by atoms with E-state index >= 15 is 0 Å². The number of ether oxygens (including phenoxy) is 1. The highest BCUT2D eigenvalue weighted by Gasteiger charge is 2.28. The summed E-state index contributed by atoms with van der Waals surface area (Å²) in [7, 11) is -4.76. The third-order valence-electron chi connectivity index (χ3n) is 10.7. The summed E-state index contributed by atoms with van der Waals surface area (Å²) in [6.07, 6.45) is 46.3. The zero-order valence-electron chi connectivity index (χ0n) is 38.3. The number of hydrogen-bond acceptors (Lipinski definition) is 8. The molecule has 0 aliphatic rings. The summed E-state index contributed by atoms with van der Waals surface area (Å²) >= 11 is 0. The number of allylic oxidation sites excluding steroid dienone is 4. The van der Waals surface area contributed by atoms with Crippen molar-refractivity contribution in [2.24, 2.45) is 0 Å². The molecule has 60 heavy (non-hydrogen) atoms. The predicted molar refractivity (Wildman–Crippen MR) is 245 cm³/mol. The molecule has 0 aromatic carbocycles. The van der Waals surface area contributed by atoms with Gasteiger partial charge in [0.15, 0.2) is 6.04 Å². The maximum absolute atomic E-state index is 12.4. The highest BCUT2D eigenvalue weighted by molar-refractivity contribution is 7.47. The molecule has 0 saturated carbocycles. The molecule has 12 heteroatoms. The van der Waals surface area contributed by atoms with Crippen LogP contribution in [0.5, 0.6) is 0 Å². The monoisotopic (exact) mass is 872 g/mol. The normalized spacial score (nSPS) is 13.8. The minimum atomic E-state index is -4.76. The van der Waals surface area contributed by atoms with Crippen LogP contribution in [0.3, 0.4) is 0 Å². The van der Waals surface area contributed by atoms with Crippen LogP contribution in [0.25, 0.3) is 0 Å². The Hall–Kier alpha value is -2.04. The summed E-state index contributed by atoms with van der Waals surface area (Å²) in [4.78, 5) is 46.0. The van der Waals surface area contributed by atoms with Gasteiger partial charge in [-0.1, -0.05) is 199 Å². The van der Waals surface area contributed by atoms with E-state index in [1.54, 1.807) is 0 Å². The first kappa shape index (κ1) is 58.0. The van der Waals surface area contributed by atoms with Gasteiger partial charge in [-0.15, -0.1) is 0 Å². The van der Waals surface area contributed by atoms with E-state index < -0.39 is 57.6 Å². The van der Waals surface area contributed by atoms with Crippen molar-refractivity contribution < 1.29 is 47.8 Å². The molecule has 0 aliphatic carbocycles. The molecule has 1 amide bonds. The molecule has 0 fully saturated rings. The van der Waals surface area contributed by atoms with E-state index in [1.165, 1.54) is 128 Å². The molecule has 0 aromatic rings. The highest BCUT2D eigenvalue weighted by Crippen LogP contribution is 2.43. The summed E-state index contributed by atoms with van der Waals surface area (Å²) in [5.74, 6) is -2.37. The summed E-state index contributed by atoms with van der Waals surface area (Å²) in [6, 6.07) is -1.54. The maximum atomic E-state index is 12.4. The van der Waals surface area contributed by atoms with Gasteiger partial charge in [-0.2, -0.15) is 0 Å². The number of aliphatic hydroxyl groups excluding tert-OH is 1. The van der Waals surface area contributed by atoms with Crippen LogP contribution in [0.2, 0.25) is 0 Å². The molecule has 0 radical (unpaired) electrons. The molecule has 0 heterocycles. The van der Waals surface area contributed by atoms with Gasteiger partial charge in [0.1, 0.15) is 12.7 Å². The Labute approximate surface area is 366 Å². The van der Waals surface area contributed by atoms with Crippen molar-refractivity contribution in [3.63, 3.8) is 0 Å². The van der Waals surface area contributed by atoms with Gasteiger partial charge >= 0.3 is 19.8 Å². The standard InChI is InChI=1S/C48H90NO10P/c1-3-5-7-9-11-13-15-17-19-20-21-22-23-24-26-27-29-31-33-35-37-39-46(51)49-45(48(53)54)43-59-60(55,56)58-42-44(50)41-57-47(52)40-38-36-34-32-30-28-25-18-16-14-12-10-8-6-4-2/h12,14,18,25,44-45,50H,3-11,13,15-17,19-24,26-43H2,1-2H3,(H,49,51)(H,53,54)(H,55,56)/b14-12-,25-18-. The fourth-order valence-electron chi connectivity index (χ4n) is 6.94. The van der Waals surface area contributed by atoms with Crippen molar-refractivity contribution in [3.05, 3.63) is 24.3 Å². The van der Waals surface area contributed by atoms with E-state index in [0.29, 0.717) is 12.8 Å². The number of carbonyl (C=O) groups is 3. The number of phosphoric ester groups is 1. The lowest BCUT2D eigenvalue weighted by atomic mass is 10.0. The summed E-state index contributed by atoms with van der Waals surface area (Å²) in [5.41, 5.74) is 0. The first-order chi connectivity index (χ1) is 29.1. The number of esters is 1. The second-order valence-electron chi connectivity index (χ2n) is 16.7. The lowest BCUT2D eigenvalue weighted by molar-refractivity contribution is -0.147. The smallest absolute Gasteiger partial charge is 0.472 e. The molecule has 3 unspecified atom stereocenters. The third kappa shape index (κ3) is 42.6. The Morgan fingerprint density at radius 3 is 1.38 bits per heavy atom. The molecule has 0 aliphatic heterocycles. The molecule has 4 N–H and O–H groups in total. The quantitative estimate of drug-likeness (QED) is 0.0200. The van der Waals surface area contributed by atoms with Crippen molar-refractivity contribution in [1.29, 1.82) is 0 Å². The predicted octanol–water partition coefficient (Wildman–Crippen LogP) is 13.0. The Balaban J connectivity index is 3.84. The fraction of sp³-hybridized carbons (Fsp3) is 0.854. The van der Waals surface area contributed by atoms with Gasteiger partial charge in [0.2, 0.25) is 5.91 Å². The summed E-state index contributed by atoms with van der Waals surface area (Å²) < 4.78 is 26.9. The number of aliphatic carboxylic acids is 1. The van der Waals surface area contributed by atoms with Crippen molar-refractivity contribution in [2.75, 3.05) is 19.8 Å². The van der Waals surface area contributed by atoms with Crippen LogP contribution in [-0.2, 0) is 32.7 Å². The molecule has 3 atom stereocenters. The molecule has 352 valence electrons. The van der Waals surface area contributed by atoms with Crippen LogP contribution >= 0.6 is 7.82 Å². The van der Waals surface area contributed by atoms with Crippen molar-refractivity contribution in [3.8, 4) is 0 Å². The Morgan fingerprint density at radius 2 is 0.917 bits per heavy atom. The minimum absolute atomic E-state index is 0.149. The number of aliphatic hydroxyl groups is 1. The van der Waals surface area contributed by atoms with Crippen molar-refractivity contribution >= 4 is 25.7 Å². The van der Waals surface area contributed by atoms with Crippen molar-refractivity contribution in [1.82, 2.24) is 5.32 Å². The Bertz CT molecular complexity index is 1120. The first-order valence-electron chi connectivity index (χ1n) is 24.4.